The molecule has 3 fully saturated rings. The van der Waals surface area contributed by atoms with E-state index in [1.807, 2.05) is 52.0 Å². The van der Waals surface area contributed by atoms with E-state index in [2.05, 4.69) is 21.6 Å². The van der Waals surface area contributed by atoms with E-state index in [9.17, 15) is 14.4 Å². The first kappa shape index (κ1) is 33.6. The third-order valence-electron chi connectivity index (χ3n) is 10.8. The molecule has 0 aromatic heterocycles. The number of piperidine rings is 2. The van der Waals surface area contributed by atoms with Crippen molar-refractivity contribution in [3.63, 3.8) is 0 Å². The third kappa shape index (κ3) is 7.87. The number of benzene rings is 2. The van der Waals surface area contributed by atoms with Gasteiger partial charge in [0.15, 0.2) is 0 Å². The number of aryl methyl sites for hydroxylation is 1. The predicted molar refractivity (Wildman–Crippen MR) is 187 cm³/mol. The highest BCUT2D eigenvalue weighted by Crippen LogP contribution is 2.30. The fraction of sp³-hybridized carbons (Fsp3) is 0.583. The number of nitrogens with one attached hydrogen (secondary N) is 2. The summed E-state index contributed by atoms with van der Waals surface area (Å²) in [7, 11) is 0. The molecule has 4 heterocycles. The number of urea groups is 1. The van der Waals surface area contributed by atoms with Gasteiger partial charge in [0, 0.05) is 83.1 Å². The van der Waals surface area contributed by atoms with Crippen LogP contribution in [0.3, 0.4) is 0 Å². The van der Waals surface area contributed by atoms with Crippen molar-refractivity contribution in [3.05, 3.63) is 58.1 Å². The molecule has 1 atom stereocenters. The molecule has 4 aliphatic rings. The van der Waals surface area contributed by atoms with Gasteiger partial charge in [0.05, 0.1) is 16.6 Å². The van der Waals surface area contributed by atoms with Gasteiger partial charge in [-0.2, -0.15) is 0 Å². The Labute approximate surface area is 283 Å². The Bertz CT molecular complexity index is 1430. The summed E-state index contributed by atoms with van der Waals surface area (Å²) in [6, 6.07) is 12.4. The minimum atomic E-state index is -0.477. The van der Waals surface area contributed by atoms with E-state index in [4.69, 9.17) is 17.3 Å². The van der Waals surface area contributed by atoms with Crippen LogP contribution in [0.2, 0.25) is 5.02 Å². The van der Waals surface area contributed by atoms with Crippen molar-refractivity contribution in [1.82, 2.24) is 24.9 Å². The van der Waals surface area contributed by atoms with Crippen LogP contribution >= 0.6 is 11.6 Å². The van der Waals surface area contributed by atoms with Crippen LogP contribution in [-0.4, -0.2) is 108 Å². The van der Waals surface area contributed by atoms with Crippen LogP contribution < -0.4 is 16.4 Å². The normalized spacial score (nSPS) is 20.8. The van der Waals surface area contributed by atoms with E-state index >= 15 is 0 Å². The molecule has 0 spiro atoms. The number of likely N-dealkylation sites (tertiary alicyclic amines) is 2. The lowest BCUT2D eigenvalue weighted by atomic mass is 9.91. The number of rotatable bonds is 8. The maximum atomic E-state index is 14.2. The van der Waals surface area contributed by atoms with E-state index in [-0.39, 0.29) is 30.3 Å². The average molecular weight is 664 g/mol. The summed E-state index contributed by atoms with van der Waals surface area (Å²) in [6.45, 7) is 9.43. The smallest absolute Gasteiger partial charge is 0.322 e. The molecule has 4 aliphatic heterocycles. The second kappa shape index (κ2) is 15.3. The van der Waals surface area contributed by atoms with Crippen molar-refractivity contribution < 1.29 is 14.4 Å². The molecular weight excluding hydrogens is 614 g/mol. The van der Waals surface area contributed by atoms with Gasteiger partial charge in [-0.05, 0) is 73.8 Å². The molecule has 6 rings (SSSR count). The number of anilines is 2. The molecule has 47 heavy (non-hydrogen) atoms. The Kier molecular flexibility index (Phi) is 10.9. The zero-order valence-corrected chi connectivity index (χ0v) is 28.4. The fourth-order valence-electron chi connectivity index (χ4n) is 7.94. The zero-order valence-electron chi connectivity index (χ0n) is 27.7. The first-order valence-electron chi connectivity index (χ1n) is 17.5. The second-order valence-electron chi connectivity index (χ2n) is 13.6. The van der Waals surface area contributed by atoms with Gasteiger partial charge in [0.25, 0.3) is 0 Å². The van der Waals surface area contributed by atoms with Crippen molar-refractivity contribution >= 4 is 40.8 Å². The molecule has 4 N–H and O–H groups in total. The maximum absolute atomic E-state index is 14.2. The number of carbonyl (C=O) groups excluding carboxylic acids is 3. The summed E-state index contributed by atoms with van der Waals surface area (Å²) in [5, 5.41) is 7.00. The lowest BCUT2D eigenvalue weighted by Gasteiger charge is -2.41. The number of nitrogens with two attached hydrogens (primary N) is 1. The largest absolute Gasteiger partial charge is 0.397 e. The number of hydrogen-bond donors (Lipinski definition) is 3. The number of halogens is 1. The van der Waals surface area contributed by atoms with Crippen LogP contribution in [0.4, 0.5) is 16.2 Å². The van der Waals surface area contributed by atoms with Crippen molar-refractivity contribution in [2.75, 3.05) is 70.0 Å². The summed E-state index contributed by atoms with van der Waals surface area (Å²) in [6.07, 6.45) is 5.52. The molecule has 10 nitrogen and oxygen atoms in total. The van der Waals surface area contributed by atoms with Gasteiger partial charge in [0.1, 0.15) is 0 Å². The number of fused-ring (bicyclic) bond motifs is 1. The maximum Gasteiger partial charge on any atom is 0.322 e. The SMILES string of the molecule is CCc1cc(C[C@@H](CC(=O)N2CCC(N3CCc4ccccc4NC3=O)CC2)C(=O)N2CCC(N3CCNCC3)CC2)cc(Cl)c1N. The Morgan fingerprint density at radius 1 is 0.936 bits per heavy atom. The first-order valence-corrected chi connectivity index (χ1v) is 17.9. The summed E-state index contributed by atoms with van der Waals surface area (Å²) >= 11 is 6.51. The summed E-state index contributed by atoms with van der Waals surface area (Å²) in [5.74, 6) is -0.420. The second-order valence-corrected chi connectivity index (χ2v) is 14.0. The molecule has 3 saturated heterocycles. The number of nitrogen functional groups attached to an aromatic ring is 1. The van der Waals surface area contributed by atoms with E-state index in [1.54, 1.807) is 0 Å². The molecule has 0 radical (unpaired) electrons. The van der Waals surface area contributed by atoms with Crippen molar-refractivity contribution in [2.45, 2.75) is 70.4 Å². The number of nitrogens with zero attached hydrogens (tertiary/aromatic N) is 4. The number of amides is 4. The standard InChI is InChI=1S/C36H50ClN7O3/c1-2-26-21-25(23-31(37)34(26)38)22-28(35(46)43-16-8-29(9-17-43)41-19-12-39-13-20-41)24-33(45)42-14-10-30(11-15-42)44-18-7-27-5-3-4-6-32(27)40-36(44)47/h3-6,21,23,28-30,39H,2,7-20,22,24,38H2,1H3,(H,40,47)/t28-/m0/s1. The molecule has 254 valence electrons. The highest BCUT2D eigenvalue weighted by molar-refractivity contribution is 6.33. The van der Waals surface area contributed by atoms with E-state index in [0.29, 0.717) is 55.9 Å². The lowest BCUT2D eigenvalue weighted by Crippen LogP contribution is -2.53. The third-order valence-corrected chi connectivity index (χ3v) is 11.1. The number of piperazine rings is 1. The van der Waals surface area contributed by atoms with E-state index in [1.165, 1.54) is 0 Å². The van der Waals surface area contributed by atoms with Crippen LogP contribution in [0.15, 0.2) is 36.4 Å². The molecule has 0 aliphatic carbocycles. The molecule has 4 amide bonds. The van der Waals surface area contributed by atoms with Crippen molar-refractivity contribution in [3.8, 4) is 0 Å². The fourth-order valence-corrected chi connectivity index (χ4v) is 8.20. The van der Waals surface area contributed by atoms with Crippen LogP contribution in [0.1, 0.15) is 55.7 Å². The Morgan fingerprint density at radius 2 is 1.62 bits per heavy atom. The topological polar surface area (TPSA) is 114 Å². The molecule has 2 aromatic carbocycles. The zero-order chi connectivity index (χ0) is 32.9. The van der Waals surface area contributed by atoms with Gasteiger partial charge >= 0.3 is 6.03 Å². The van der Waals surface area contributed by atoms with Crippen molar-refractivity contribution in [2.24, 2.45) is 5.92 Å². The van der Waals surface area contributed by atoms with Crippen LogP contribution in [0.25, 0.3) is 0 Å². The summed E-state index contributed by atoms with van der Waals surface area (Å²) < 4.78 is 0. The number of hydrogen-bond acceptors (Lipinski definition) is 6. The minimum absolute atomic E-state index is 0.00230. The molecule has 0 bridgehead atoms. The van der Waals surface area contributed by atoms with Gasteiger partial charge in [-0.1, -0.05) is 42.8 Å². The molecule has 2 aromatic rings. The van der Waals surface area contributed by atoms with Crippen molar-refractivity contribution in [1.29, 1.82) is 0 Å². The molecule has 11 heteroatoms. The predicted octanol–water partition coefficient (Wildman–Crippen LogP) is 4.01. The summed E-state index contributed by atoms with van der Waals surface area (Å²) in [4.78, 5) is 49.5. The van der Waals surface area contributed by atoms with Crippen LogP contribution in [0, 0.1) is 5.92 Å². The highest BCUT2D eigenvalue weighted by Gasteiger charge is 2.35. The Morgan fingerprint density at radius 3 is 2.34 bits per heavy atom. The van der Waals surface area contributed by atoms with Crippen LogP contribution in [0.5, 0.6) is 0 Å². The van der Waals surface area contributed by atoms with Gasteiger partial charge in [-0.15, -0.1) is 0 Å². The molecule has 0 unspecified atom stereocenters. The molecular formula is C36H50ClN7O3. The van der Waals surface area contributed by atoms with Gasteiger partial charge < -0.3 is 31.1 Å². The quantitative estimate of drug-likeness (QED) is 0.368. The highest BCUT2D eigenvalue weighted by atomic mass is 35.5. The van der Waals surface area contributed by atoms with Gasteiger partial charge in [0.2, 0.25) is 11.8 Å². The number of carbonyl (C=O) groups is 3. The van der Waals surface area contributed by atoms with E-state index in [0.717, 1.165) is 87.1 Å². The van der Waals surface area contributed by atoms with Crippen LogP contribution in [-0.2, 0) is 28.9 Å². The number of para-hydroxylation sites is 1. The minimum Gasteiger partial charge on any atom is -0.397 e. The van der Waals surface area contributed by atoms with E-state index < -0.39 is 5.92 Å². The Hall–Kier alpha value is -3.34. The van der Waals surface area contributed by atoms with Gasteiger partial charge in [-0.3, -0.25) is 14.5 Å². The lowest BCUT2D eigenvalue weighted by molar-refractivity contribution is -0.143. The first-order chi connectivity index (χ1) is 22.8. The Balaban J connectivity index is 1.10. The summed E-state index contributed by atoms with van der Waals surface area (Å²) in [5.41, 5.74) is 10.7. The van der Waals surface area contributed by atoms with Gasteiger partial charge in [-0.25, -0.2) is 4.79 Å². The monoisotopic (exact) mass is 663 g/mol. The average Bonchev–Trinajstić information content (AvgIpc) is 3.27. The molecule has 0 saturated carbocycles.